The van der Waals surface area contributed by atoms with E-state index in [0.717, 1.165) is 16.3 Å². The second kappa shape index (κ2) is 8.82. The molecule has 0 amide bonds. The lowest BCUT2D eigenvalue weighted by Crippen LogP contribution is -2.40. The van der Waals surface area contributed by atoms with Gasteiger partial charge in [0.25, 0.3) is 5.44 Å². The van der Waals surface area contributed by atoms with Gasteiger partial charge in [-0.05, 0) is 36.4 Å². The second-order valence-electron chi connectivity index (χ2n) is 6.62. The van der Waals surface area contributed by atoms with Crippen molar-refractivity contribution in [2.24, 2.45) is 0 Å². The van der Waals surface area contributed by atoms with Gasteiger partial charge in [0.1, 0.15) is 15.9 Å². The van der Waals surface area contributed by atoms with Crippen LogP contribution >= 0.6 is 19.0 Å². The van der Waals surface area contributed by atoms with Gasteiger partial charge in [-0.15, -0.1) is 6.58 Å². The van der Waals surface area contributed by atoms with Gasteiger partial charge in [-0.2, -0.15) is 4.98 Å². The van der Waals surface area contributed by atoms with Crippen molar-refractivity contribution >= 4 is 40.4 Å². The zero-order valence-corrected chi connectivity index (χ0v) is 18.1. The van der Waals surface area contributed by atoms with E-state index in [4.69, 9.17) is 9.40 Å². The van der Waals surface area contributed by atoms with Crippen LogP contribution in [0, 0.1) is 6.92 Å². The number of oxazole rings is 1. The van der Waals surface area contributed by atoms with Gasteiger partial charge in [-0.1, -0.05) is 72.4 Å². The summed E-state index contributed by atoms with van der Waals surface area (Å²) in [6.45, 7) is 5.80. The van der Waals surface area contributed by atoms with Crippen molar-refractivity contribution in [2.75, 3.05) is 5.75 Å². The summed E-state index contributed by atoms with van der Waals surface area (Å²) in [6, 6.07) is 32.2. The highest BCUT2D eigenvalue weighted by Gasteiger charge is 2.52. The maximum absolute atomic E-state index is 6.12. The van der Waals surface area contributed by atoms with Crippen molar-refractivity contribution in [3.63, 3.8) is 0 Å². The number of thioether (sulfide) groups is 1. The van der Waals surface area contributed by atoms with Crippen LogP contribution in [0.2, 0.25) is 0 Å². The van der Waals surface area contributed by atoms with E-state index in [2.05, 4.69) is 97.6 Å². The molecule has 0 spiro atoms. The molecule has 144 valence electrons. The van der Waals surface area contributed by atoms with Gasteiger partial charge in [0.05, 0.1) is 0 Å². The summed E-state index contributed by atoms with van der Waals surface area (Å²) in [7, 11) is -2.22. The number of rotatable bonds is 7. The van der Waals surface area contributed by atoms with Gasteiger partial charge < -0.3 is 4.42 Å². The lowest BCUT2D eigenvalue weighted by molar-refractivity contribution is 0.444. The molecular formula is C25H23NOPS+. The van der Waals surface area contributed by atoms with E-state index in [0.29, 0.717) is 5.89 Å². The van der Waals surface area contributed by atoms with Crippen molar-refractivity contribution in [1.29, 1.82) is 0 Å². The maximum atomic E-state index is 6.12. The summed E-state index contributed by atoms with van der Waals surface area (Å²) in [5.41, 5.74) is 1.03. The standard InChI is InChI=1S/C25H23NOPS/c1-3-19-29-25-24(26-20(2)27-25)28(21-13-7-4-8-14-21,22-15-9-5-10-16-22)23-17-11-6-12-18-23/h3-18H,1,19H2,2H3/q+1. The molecule has 1 heterocycles. The Hall–Kier alpha value is -2.61. The lowest BCUT2D eigenvalue weighted by Gasteiger charge is -2.25. The first-order valence-corrected chi connectivity index (χ1v) is 12.3. The molecule has 0 aliphatic heterocycles. The van der Waals surface area contributed by atoms with E-state index >= 15 is 0 Å². The average molecular weight is 417 g/mol. The van der Waals surface area contributed by atoms with Crippen molar-refractivity contribution in [1.82, 2.24) is 4.98 Å². The van der Waals surface area contributed by atoms with Crippen LogP contribution in [-0.4, -0.2) is 10.7 Å². The normalized spacial score (nSPS) is 11.3. The third-order valence-corrected chi connectivity index (χ3v) is 10.0. The van der Waals surface area contributed by atoms with E-state index < -0.39 is 7.26 Å². The van der Waals surface area contributed by atoms with Crippen LogP contribution in [0.3, 0.4) is 0 Å². The third kappa shape index (κ3) is 3.69. The highest BCUT2D eigenvalue weighted by atomic mass is 32.2. The van der Waals surface area contributed by atoms with Crippen LogP contribution in [0.5, 0.6) is 0 Å². The monoisotopic (exact) mass is 416 g/mol. The molecule has 0 radical (unpaired) electrons. The number of hydrogen-bond donors (Lipinski definition) is 0. The van der Waals surface area contributed by atoms with Crippen LogP contribution in [0.1, 0.15) is 5.89 Å². The predicted octanol–water partition coefficient (Wildman–Crippen LogP) is 4.88. The lowest BCUT2D eigenvalue weighted by atomic mass is 10.4. The molecule has 0 bridgehead atoms. The molecule has 3 aromatic carbocycles. The molecular weight excluding hydrogens is 393 g/mol. The van der Waals surface area contributed by atoms with Gasteiger partial charge in [0.15, 0.2) is 13.2 Å². The molecule has 4 rings (SSSR count). The van der Waals surface area contributed by atoms with Crippen molar-refractivity contribution in [2.45, 2.75) is 12.0 Å². The van der Waals surface area contributed by atoms with Crippen LogP contribution in [-0.2, 0) is 0 Å². The Morgan fingerprint density at radius 2 is 1.28 bits per heavy atom. The highest BCUT2D eigenvalue weighted by molar-refractivity contribution is 8.04. The molecule has 4 heteroatoms. The first-order chi connectivity index (χ1) is 14.3. The predicted molar refractivity (Wildman–Crippen MR) is 127 cm³/mol. The smallest absolute Gasteiger partial charge is 0.250 e. The minimum atomic E-state index is -2.22. The summed E-state index contributed by atoms with van der Waals surface area (Å²) in [6.07, 6.45) is 1.90. The second-order valence-corrected chi connectivity index (χ2v) is 10.9. The largest absolute Gasteiger partial charge is 0.430 e. The van der Waals surface area contributed by atoms with Crippen molar-refractivity contribution in [3.05, 3.63) is 110 Å². The summed E-state index contributed by atoms with van der Waals surface area (Å²) >= 11 is 1.66. The number of aryl methyl sites for hydroxylation is 1. The molecule has 0 saturated heterocycles. The third-order valence-electron chi connectivity index (χ3n) is 4.77. The zero-order chi connectivity index (χ0) is 20.1. The maximum Gasteiger partial charge on any atom is 0.250 e. The van der Waals surface area contributed by atoms with Crippen LogP contribution < -0.4 is 21.3 Å². The summed E-state index contributed by atoms with van der Waals surface area (Å²) in [5.74, 6) is 1.47. The van der Waals surface area contributed by atoms with Gasteiger partial charge in [-0.3, -0.25) is 0 Å². The number of benzene rings is 3. The SMILES string of the molecule is C=CCSc1oc(C)nc1[P+](c1ccccc1)(c1ccccc1)c1ccccc1. The molecule has 0 unspecified atom stereocenters. The summed E-state index contributed by atoms with van der Waals surface area (Å²) in [4.78, 5) is 4.99. The van der Waals surface area contributed by atoms with Gasteiger partial charge in [0.2, 0.25) is 5.09 Å². The van der Waals surface area contributed by atoms with Crippen molar-refractivity contribution in [3.8, 4) is 0 Å². The van der Waals surface area contributed by atoms with Gasteiger partial charge in [0, 0.05) is 12.7 Å². The first kappa shape index (κ1) is 19.7. The molecule has 0 aliphatic carbocycles. The van der Waals surface area contributed by atoms with Crippen molar-refractivity contribution < 1.29 is 4.42 Å². The first-order valence-electron chi connectivity index (χ1n) is 9.54. The molecule has 2 nitrogen and oxygen atoms in total. The Bertz CT molecular complexity index is 981. The molecule has 0 aliphatic rings. The molecule has 0 fully saturated rings. The van der Waals surface area contributed by atoms with E-state index in [1.807, 2.05) is 13.0 Å². The van der Waals surface area contributed by atoms with E-state index in [9.17, 15) is 0 Å². The zero-order valence-electron chi connectivity index (χ0n) is 16.4. The molecule has 0 atom stereocenters. The van der Waals surface area contributed by atoms with Gasteiger partial charge >= 0.3 is 0 Å². The van der Waals surface area contributed by atoms with E-state index in [1.54, 1.807) is 11.8 Å². The molecule has 0 N–H and O–H groups in total. The molecule has 4 aromatic rings. The quantitative estimate of drug-likeness (QED) is 0.244. The Kier molecular flexibility index (Phi) is 5.99. The molecule has 29 heavy (non-hydrogen) atoms. The van der Waals surface area contributed by atoms with Crippen LogP contribution in [0.25, 0.3) is 0 Å². The Balaban J connectivity index is 2.11. The minimum Gasteiger partial charge on any atom is -0.430 e. The fourth-order valence-electron chi connectivity index (χ4n) is 3.61. The fourth-order valence-corrected chi connectivity index (χ4v) is 8.93. The van der Waals surface area contributed by atoms with Gasteiger partial charge in [-0.25, -0.2) is 0 Å². The van der Waals surface area contributed by atoms with E-state index in [-0.39, 0.29) is 0 Å². The highest BCUT2D eigenvalue weighted by Crippen LogP contribution is 2.55. The molecule has 1 aromatic heterocycles. The summed E-state index contributed by atoms with van der Waals surface area (Å²) in [5, 5.41) is 4.69. The Labute approximate surface area is 177 Å². The van der Waals surface area contributed by atoms with Crippen LogP contribution in [0.4, 0.5) is 0 Å². The average Bonchev–Trinajstić information content (AvgIpc) is 3.16. The Morgan fingerprint density at radius 3 is 1.69 bits per heavy atom. The number of aromatic nitrogens is 1. The topological polar surface area (TPSA) is 26.0 Å². The minimum absolute atomic E-state index is 0.693. The number of nitrogens with zero attached hydrogens (tertiary/aromatic N) is 1. The Morgan fingerprint density at radius 1 is 0.828 bits per heavy atom. The molecule has 0 saturated carbocycles. The summed E-state index contributed by atoms with van der Waals surface area (Å²) < 4.78 is 6.12. The van der Waals surface area contributed by atoms with Crippen LogP contribution in [0.15, 0.2) is 113 Å². The number of hydrogen-bond acceptors (Lipinski definition) is 3. The fraction of sp³-hybridized carbons (Fsp3) is 0.0800. The van der Waals surface area contributed by atoms with E-state index in [1.165, 1.54) is 15.9 Å².